The number of benzene rings is 2. The third kappa shape index (κ3) is 6.22. The molecular formula is C21H25Cl2NO2. The summed E-state index contributed by atoms with van der Waals surface area (Å²) in [5.74, 6) is 0.855. The van der Waals surface area contributed by atoms with Gasteiger partial charge in [-0.25, -0.2) is 0 Å². The second-order valence-corrected chi connectivity index (χ2v) is 8.01. The molecular weight excluding hydrogens is 369 g/mol. The van der Waals surface area contributed by atoms with Crippen LogP contribution in [0.3, 0.4) is 0 Å². The Bertz CT molecular complexity index is 754. The maximum Gasteiger partial charge on any atom is 0.220 e. The van der Waals surface area contributed by atoms with Crippen molar-refractivity contribution in [3.8, 4) is 5.75 Å². The van der Waals surface area contributed by atoms with E-state index in [0.717, 1.165) is 16.9 Å². The Morgan fingerprint density at radius 3 is 2.50 bits per heavy atom. The van der Waals surface area contributed by atoms with Crippen molar-refractivity contribution < 1.29 is 9.53 Å². The molecule has 0 spiro atoms. The first-order valence-electron chi connectivity index (χ1n) is 8.70. The monoisotopic (exact) mass is 393 g/mol. The van der Waals surface area contributed by atoms with Crippen LogP contribution in [0.25, 0.3) is 0 Å². The highest BCUT2D eigenvalue weighted by molar-refractivity contribution is 6.42. The van der Waals surface area contributed by atoms with Crippen LogP contribution < -0.4 is 10.1 Å². The lowest BCUT2D eigenvalue weighted by Crippen LogP contribution is -2.28. The van der Waals surface area contributed by atoms with E-state index >= 15 is 0 Å². The molecule has 0 atom stereocenters. The number of carbonyl (C=O) groups excluding carboxylic acids is 1. The largest absolute Gasteiger partial charge is 0.491 e. The molecule has 0 bridgehead atoms. The zero-order valence-corrected chi connectivity index (χ0v) is 17.0. The van der Waals surface area contributed by atoms with Gasteiger partial charge in [0.1, 0.15) is 12.4 Å². The fourth-order valence-electron chi connectivity index (χ4n) is 2.60. The third-order valence-corrected chi connectivity index (χ3v) is 4.74. The van der Waals surface area contributed by atoms with Crippen molar-refractivity contribution >= 4 is 29.1 Å². The minimum Gasteiger partial charge on any atom is -0.491 e. The fraction of sp³-hybridized carbons (Fsp3) is 0.381. The predicted molar refractivity (Wildman–Crippen MR) is 108 cm³/mol. The van der Waals surface area contributed by atoms with E-state index in [0.29, 0.717) is 36.0 Å². The maximum atomic E-state index is 12.0. The van der Waals surface area contributed by atoms with Crippen LogP contribution in [-0.2, 0) is 16.6 Å². The molecule has 1 N–H and O–H groups in total. The highest BCUT2D eigenvalue weighted by Gasteiger charge is 2.18. The molecule has 140 valence electrons. The molecule has 1 amide bonds. The van der Waals surface area contributed by atoms with E-state index in [4.69, 9.17) is 27.9 Å². The van der Waals surface area contributed by atoms with Crippen LogP contribution in [0.15, 0.2) is 42.5 Å². The van der Waals surface area contributed by atoms with Crippen molar-refractivity contribution in [3.63, 3.8) is 0 Å². The lowest BCUT2D eigenvalue weighted by molar-refractivity contribution is -0.121. The van der Waals surface area contributed by atoms with Crippen molar-refractivity contribution in [2.24, 2.45) is 0 Å². The number of rotatable bonds is 7. The van der Waals surface area contributed by atoms with Crippen LogP contribution in [0.4, 0.5) is 0 Å². The summed E-state index contributed by atoms with van der Waals surface area (Å²) in [4.78, 5) is 12.0. The Balaban J connectivity index is 1.75. The van der Waals surface area contributed by atoms with E-state index in [1.807, 2.05) is 24.3 Å². The molecule has 3 nitrogen and oxygen atoms in total. The van der Waals surface area contributed by atoms with Gasteiger partial charge < -0.3 is 10.1 Å². The van der Waals surface area contributed by atoms with Gasteiger partial charge in [0.15, 0.2) is 0 Å². The number of hydrogen-bond donors (Lipinski definition) is 1. The van der Waals surface area contributed by atoms with Crippen molar-refractivity contribution in [2.75, 3.05) is 13.2 Å². The zero-order chi connectivity index (χ0) is 19.2. The topological polar surface area (TPSA) is 38.3 Å². The summed E-state index contributed by atoms with van der Waals surface area (Å²) in [5, 5.41) is 3.91. The van der Waals surface area contributed by atoms with E-state index in [-0.39, 0.29) is 11.3 Å². The SMILES string of the molecule is CC(C)(C)c1ccccc1OCCNC(=O)CCc1ccc(Cl)c(Cl)c1. The van der Waals surface area contributed by atoms with Gasteiger partial charge in [-0.05, 0) is 41.2 Å². The van der Waals surface area contributed by atoms with E-state index in [1.54, 1.807) is 12.1 Å². The maximum absolute atomic E-state index is 12.0. The first-order chi connectivity index (χ1) is 12.3. The van der Waals surface area contributed by atoms with Gasteiger partial charge in [-0.3, -0.25) is 4.79 Å². The number of halogens is 2. The highest BCUT2D eigenvalue weighted by Crippen LogP contribution is 2.30. The Morgan fingerprint density at radius 2 is 1.81 bits per heavy atom. The number of carbonyl (C=O) groups is 1. The van der Waals surface area contributed by atoms with E-state index in [2.05, 4.69) is 32.2 Å². The Hall–Kier alpha value is -1.71. The molecule has 0 heterocycles. The van der Waals surface area contributed by atoms with Crippen molar-refractivity contribution in [3.05, 3.63) is 63.6 Å². The van der Waals surface area contributed by atoms with Crippen LogP contribution in [0.2, 0.25) is 10.0 Å². The number of amides is 1. The molecule has 0 fully saturated rings. The van der Waals surface area contributed by atoms with E-state index in [1.165, 1.54) is 0 Å². The first-order valence-corrected chi connectivity index (χ1v) is 9.46. The zero-order valence-electron chi connectivity index (χ0n) is 15.4. The average molecular weight is 394 g/mol. The van der Waals surface area contributed by atoms with Gasteiger partial charge in [0.25, 0.3) is 0 Å². The first kappa shape index (κ1) is 20.6. The molecule has 0 aromatic heterocycles. The minimum atomic E-state index is -0.0104. The molecule has 5 heteroatoms. The molecule has 0 aliphatic carbocycles. The Kier molecular flexibility index (Phi) is 7.36. The van der Waals surface area contributed by atoms with Gasteiger partial charge in [-0.15, -0.1) is 0 Å². The highest BCUT2D eigenvalue weighted by atomic mass is 35.5. The molecule has 2 aromatic rings. The normalized spacial score (nSPS) is 11.3. The lowest BCUT2D eigenvalue weighted by atomic mass is 9.86. The smallest absolute Gasteiger partial charge is 0.220 e. The molecule has 2 rings (SSSR count). The molecule has 26 heavy (non-hydrogen) atoms. The van der Waals surface area contributed by atoms with Crippen LogP contribution in [0, 0.1) is 0 Å². The second-order valence-electron chi connectivity index (χ2n) is 7.19. The van der Waals surface area contributed by atoms with Crippen LogP contribution in [-0.4, -0.2) is 19.1 Å². The predicted octanol–water partition coefficient (Wildman–Crippen LogP) is 5.42. The van der Waals surface area contributed by atoms with Crippen molar-refractivity contribution in [2.45, 2.75) is 39.0 Å². The third-order valence-electron chi connectivity index (χ3n) is 4.00. The van der Waals surface area contributed by atoms with Gasteiger partial charge in [0, 0.05) is 6.42 Å². The number of ether oxygens (including phenoxy) is 1. The summed E-state index contributed by atoms with van der Waals surface area (Å²) in [6.07, 6.45) is 1.02. The van der Waals surface area contributed by atoms with Gasteiger partial charge >= 0.3 is 0 Å². The lowest BCUT2D eigenvalue weighted by Gasteiger charge is -2.22. The van der Waals surface area contributed by atoms with Crippen molar-refractivity contribution in [1.29, 1.82) is 0 Å². The van der Waals surface area contributed by atoms with Crippen LogP contribution in [0.1, 0.15) is 38.3 Å². The molecule has 2 aromatic carbocycles. The number of nitrogens with one attached hydrogen (secondary N) is 1. The number of hydrogen-bond acceptors (Lipinski definition) is 2. The molecule has 0 saturated heterocycles. The Morgan fingerprint density at radius 1 is 1.08 bits per heavy atom. The average Bonchev–Trinajstić information content (AvgIpc) is 2.59. The van der Waals surface area contributed by atoms with Gasteiger partial charge in [0.05, 0.1) is 16.6 Å². The minimum absolute atomic E-state index is 0.0104. The Labute approximate surface area is 165 Å². The summed E-state index contributed by atoms with van der Waals surface area (Å²) >= 11 is 11.9. The summed E-state index contributed by atoms with van der Waals surface area (Å²) in [5.41, 5.74) is 2.16. The number of aryl methyl sites for hydroxylation is 1. The van der Waals surface area contributed by atoms with E-state index in [9.17, 15) is 4.79 Å². The molecule has 0 unspecified atom stereocenters. The van der Waals surface area contributed by atoms with Gasteiger partial charge in [0.2, 0.25) is 5.91 Å². The molecule has 0 saturated carbocycles. The quantitative estimate of drug-likeness (QED) is 0.637. The summed E-state index contributed by atoms with van der Waals surface area (Å²) in [6.45, 7) is 7.37. The summed E-state index contributed by atoms with van der Waals surface area (Å²) in [6, 6.07) is 13.4. The standard InChI is InChI=1S/C21H25Cl2NO2/c1-21(2,3)16-6-4-5-7-19(16)26-13-12-24-20(25)11-9-15-8-10-17(22)18(23)14-15/h4-8,10,14H,9,11-13H2,1-3H3,(H,24,25). The van der Waals surface area contributed by atoms with Gasteiger partial charge in [-0.1, -0.05) is 68.2 Å². The number of para-hydroxylation sites is 1. The van der Waals surface area contributed by atoms with Gasteiger partial charge in [-0.2, -0.15) is 0 Å². The van der Waals surface area contributed by atoms with Crippen LogP contribution in [0.5, 0.6) is 5.75 Å². The van der Waals surface area contributed by atoms with Crippen LogP contribution >= 0.6 is 23.2 Å². The summed E-state index contributed by atoms with van der Waals surface area (Å²) < 4.78 is 5.86. The van der Waals surface area contributed by atoms with Crippen molar-refractivity contribution in [1.82, 2.24) is 5.32 Å². The summed E-state index contributed by atoms with van der Waals surface area (Å²) in [7, 11) is 0. The molecule has 0 aliphatic rings. The second kappa shape index (κ2) is 9.29. The van der Waals surface area contributed by atoms with E-state index < -0.39 is 0 Å². The molecule has 0 aliphatic heterocycles. The molecule has 0 radical (unpaired) electrons. The fourth-order valence-corrected chi connectivity index (χ4v) is 2.93.